The van der Waals surface area contributed by atoms with Gasteiger partial charge in [-0.3, -0.25) is 9.59 Å². The van der Waals surface area contributed by atoms with Crippen LogP contribution in [0.1, 0.15) is 0 Å². The maximum absolute atomic E-state index is 13.2. The molecule has 1 aromatic heterocycles. The maximum atomic E-state index is 13.2. The second-order valence-electron chi connectivity index (χ2n) is 3.76. The molecule has 0 aliphatic carbocycles. The van der Waals surface area contributed by atoms with E-state index in [4.69, 9.17) is 10.8 Å². The number of carboxylic acids is 1. The monoisotopic (exact) mass is 283 g/mol. The predicted molar refractivity (Wildman–Crippen MR) is 67.2 cm³/mol. The molecular weight excluding hydrogens is 273 g/mol. The molecule has 0 unspecified atom stereocenters. The lowest BCUT2D eigenvalue weighted by Crippen LogP contribution is -2.19. The van der Waals surface area contributed by atoms with Crippen molar-refractivity contribution in [1.29, 1.82) is 0 Å². The van der Waals surface area contributed by atoms with Crippen LogP contribution in [0.15, 0.2) is 23.4 Å². The second-order valence-corrected chi connectivity index (χ2v) is 4.70. The Labute approximate surface area is 111 Å². The van der Waals surface area contributed by atoms with Crippen molar-refractivity contribution in [2.24, 2.45) is 5.73 Å². The molecule has 0 saturated heterocycles. The van der Waals surface area contributed by atoms with Gasteiger partial charge in [0.25, 0.3) is 0 Å². The van der Waals surface area contributed by atoms with E-state index < -0.39 is 17.7 Å². The van der Waals surface area contributed by atoms with Crippen molar-refractivity contribution < 1.29 is 19.1 Å². The summed E-state index contributed by atoms with van der Waals surface area (Å²) in [5.74, 6) is -2.28. The van der Waals surface area contributed by atoms with Gasteiger partial charge in [-0.25, -0.2) is 9.37 Å². The van der Waals surface area contributed by atoms with E-state index in [-0.39, 0.29) is 12.3 Å². The van der Waals surface area contributed by atoms with E-state index in [1.807, 2.05) is 0 Å². The molecule has 1 amide bonds. The first-order valence-electron chi connectivity index (χ1n) is 5.26. The summed E-state index contributed by atoms with van der Waals surface area (Å²) < 4.78 is 14.6. The zero-order chi connectivity index (χ0) is 14.0. The zero-order valence-electron chi connectivity index (χ0n) is 9.67. The number of carboxylic acid groups (broad SMARTS) is 1. The number of halogens is 1. The largest absolute Gasteiger partial charge is 0.481 e. The third-order valence-corrected chi connectivity index (χ3v) is 3.28. The highest BCUT2D eigenvalue weighted by Crippen LogP contribution is 2.24. The Hall–Kier alpha value is -2.09. The van der Waals surface area contributed by atoms with E-state index in [9.17, 15) is 14.0 Å². The van der Waals surface area contributed by atoms with Gasteiger partial charge in [0.1, 0.15) is 12.4 Å². The topological polar surface area (TPSA) is 98.2 Å². The van der Waals surface area contributed by atoms with Crippen LogP contribution in [0.25, 0.3) is 11.0 Å². The van der Waals surface area contributed by atoms with Crippen molar-refractivity contribution in [1.82, 2.24) is 9.55 Å². The fourth-order valence-electron chi connectivity index (χ4n) is 1.62. The molecule has 0 atom stereocenters. The highest BCUT2D eigenvalue weighted by Gasteiger charge is 2.14. The minimum absolute atomic E-state index is 0.179. The van der Waals surface area contributed by atoms with E-state index in [1.54, 1.807) is 0 Å². The van der Waals surface area contributed by atoms with Gasteiger partial charge in [-0.15, -0.1) is 0 Å². The standard InChI is InChI=1S/C11H10FN3O3S/c12-6-1-2-7-8(3-6)15(4-9(13)16)11(14-7)19-5-10(17)18/h1-3H,4-5H2,(H2,13,16)(H,17,18). The lowest BCUT2D eigenvalue weighted by Gasteiger charge is -2.05. The van der Waals surface area contributed by atoms with Crippen LogP contribution >= 0.6 is 11.8 Å². The smallest absolute Gasteiger partial charge is 0.313 e. The molecule has 0 aliphatic rings. The third kappa shape index (κ3) is 3.02. The maximum Gasteiger partial charge on any atom is 0.313 e. The first-order chi connectivity index (χ1) is 8.97. The van der Waals surface area contributed by atoms with Gasteiger partial charge in [-0.2, -0.15) is 0 Å². The number of nitrogens with two attached hydrogens (primary N) is 1. The highest BCUT2D eigenvalue weighted by molar-refractivity contribution is 7.99. The molecule has 8 heteroatoms. The number of carbonyl (C=O) groups excluding carboxylic acids is 1. The van der Waals surface area contributed by atoms with Crippen LogP contribution in [-0.2, 0) is 16.1 Å². The summed E-state index contributed by atoms with van der Waals surface area (Å²) in [5.41, 5.74) is 6.02. The Bertz CT molecular complexity index is 656. The average molecular weight is 283 g/mol. The summed E-state index contributed by atoms with van der Waals surface area (Å²) in [6, 6.07) is 3.94. The third-order valence-electron chi connectivity index (χ3n) is 2.31. The molecule has 1 heterocycles. The van der Waals surface area contributed by atoms with E-state index in [0.717, 1.165) is 11.8 Å². The number of thioether (sulfide) groups is 1. The first kappa shape index (κ1) is 13.3. The Morgan fingerprint density at radius 1 is 1.47 bits per heavy atom. The van der Waals surface area contributed by atoms with Crippen LogP contribution in [0.2, 0.25) is 0 Å². The lowest BCUT2D eigenvalue weighted by molar-refractivity contribution is -0.133. The molecule has 0 fully saturated rings. The molecule has 2 aromatic rings. The van der Waals surface area contributed by atoms with Crippen LogP contribution in [0.4, 0.5) is 4.39 Å². The van der Waals surface area contributed by atoms with Crippen molar-refractivity contribution in [3.05, 3.63) is 24.0 Å². The van der Waals surface area contributed by atoms with Gasteiger partial charge in [-0.1, -0.05) is 11.8 Å². The summed E-state index contributed by atoms with van der Waals surface area (Å²) in [4.78, 5) is 25.8. The lowest BCUT2D eigenvalue weighted by atomic mass is 10.3. The van der Waals surface area contributed by atoms with Gasteiger partial charge in [0.05, 0.1) is 16.8 Å². The summed E-state index contributed by atoms with van der Waals surface area (Å²) in [6.07, 6.45) is 0. The number of rotatable bonds is 5. The van der Waals surface area contributed by atoms with Crippen molar-refractivity contribution in [2.45, 2.75) is 11.7 Å². The van der Waals surface area contributed by atoms with E-state index in [1.165, 1.54) is 22.8 Å². The number of hydrogen-bond donors (Lipinski definition) is 2. The number of benzene rings is 1. The van der Waals surface area contributed by atoms with E-state index >= 15 is 0 Å². The van der Waals surface area contributed by atoms with Gasteiger partial charge in [0, 0.05) is 0 Å². The Morgan fingerprint density at radius 3 is 2.84 bits per heavy atom. The number of primary amides is 1. The molecule has 6 nitrogen and oxygen atoms in total. The minimum Gasteiger partial charge on any atom is -0.481 e. The minimum atomic E-state index is -1.01. The summed E-state index contributed by atoms with van der Waals surface area (Å²) in [7, 11) is 0. The van der Waals surface area contributed by atoms with Crippen molar-refractivity contribution in [3.63, 3.8) is 0 Å². The zero-order valence-corrected chi connectivity index (χ0v) is 10.5. The number of hydrogen-bond acceptors (Lipinski definition) is 4. The molecular formula is C11H10FN3O3S. The first-order valence-corrected chi connectivity index (χ1v) is 6.24. The normalized spacial score (nSPS) is 10.8. The van der Waals surface area contributed by atoms with Crippen LogP contribution in [0, 0.1) is 5.82 Å². The van der Waals surface area contributed by atoms with Crippen LogP contribution in [0.3, 0.4) is 0 Å². The molecule has 0 aliphatic heterocycles. The van der Waals surface area contributed by atoms with Crippen LogP contribution in [-0.4, -0.2) is 32.3 Å². The SMILES string of the molecule is NC(=O)Cn1c(SCC(=O)O)nc2ccc(F)cc21. The molecule has 0 bridgehead atoms. The molecule has 0 radical (unpaired) electrons. The second kappa shape index (κ2) is 5.27. The number of fused-ring (bicyclic) bond motifs is 1. The van der Waals surface area contributed by atoms with Gasteiger partial charge < -0.3 is 15.4 Å². The number of aromatic nitrogens is 2. The Kier molecular flexibility index (Phi) is 3.70. The molecule has 0 spiro atoms. The Balaban J connectivity index is 2.48. The van der Waals surface area contributed by atoms with Crippen LogP contribution in [0.5, 0.6) is 0 Å². The number of carbonyl (C=O) groups is 2. The molecule has 100 valence electrons. The Morgan fingerprint density at radius 2 is 2.21 bits per heavy atom. The number of amides is 1. The van der Waals surface area contributed by atoms with Gasteiger partial charge in [0.15, 0.2) is 5.16 Å². The van der Waals surface area contributed by atoms with E-state index in [2.05, 4.69) is 4.98 Å². The predicted octanol–water partition coefficient (Wildman–Crippen LogP) is 0.837. The van der Waals surface area contributed by atoms with E-state index in [0.29, 0.717) is 16.2 Å². The summed E-state index contributed by atoms with van der Waals surface area (Å²) in [5, 5.41) is 8.98. The van der Waals surface area contributed by atoms with Gasteiger partial charge in [-0.05, 0) is 18.2 Å². The molecule has 1 aromatic carbocycles. The molecule has 3 N–H and O–H groups in total. The highest BCUT2D eigenvalue weighted by atomic mass is 32.2. The number of nitrogens with zero attached hydrogens (tertiary/aromatic N) is 2. The van der Waals surface area contributed by atoms with Crippen molar-refractivity contribution in [2.75, 3.05) is 5.75 Å². The van der Waals surface area contributed by atoms with Crippen molar-refractivity contribution in [3.8, 4) is 0 Å². The van der Waals surface area contributed by atoms with Crippen molar-refractivity contribution >= 4 is 34.7 Å². The average Bonchev–Trinajstić information content (AvgIpc) is 2.64. The molecule has 0 saturated carbocycles. The molecule has 19 heavy (non-hydrogen) atoms. The molecule has 2 rings (SSSR count). The quantitative estimate of drug-likeness (QED) is 0.792. The van der Waals surface area contributed by atoms with Crippen LogP contribution < -0.4 is 5.73 Å². The summed E-state index contributed by atoms with van der Waals surface area (Å²) >= 11 is 0.951. The fraction of sp³-hybridized carbons (Fsp3) is 0.182. The fourth-order valence-corrected chi connectivity index (χ4v) is 2.35. The number of imidazole rings is 1. The van der Waals surface area contributed by atoms with Gasteiger partial charge in [0.2, 0.25) is 5.91 Å². The van der Waals surface area contributed by atoms with Gasteiger partial charge >= 0.3 is 5.97 Å². The number of aliphatic carboxylic acids is 1. The summed E-state index contributed by atoms with van der Waals surface area (Å²) in [6.45, 7) is -0.179.